The Morgan fingerprint density at radius 2 is 0.667 bits per heavy atom. The minimum Gasteiger partial charge on any atom is -0.781 e. The molecule has 0 saturated carbocycles. The van der Waals surface area contributed by atoms with Gasteiger partial charge in [0.25, 0.3) is 0 Å². The first kappa shape index (κ1) is 38.4. The van der Waals surface area contributed by atoms with E-state index in [0.717, 1.165) is 25.7 Å². The van der Waals surface area contributed by atoms with E-state index in [0.29, 0.717) is 13.2 Å². The summed E-state index contributed by atoms with van der Waals surface area (Å²) in [6, 6.07) is 0. The van der Waals surface area contributed by atoms with Crippen LogP contribution in [0.25, 0.3) is 0 Å². The summed E-state index contributed by atoms with van der Waals surface area (Å²) in [6.45, 7) is 5.21. The Balaban J connectivity index is -0.000000529. The molecular weight excluding hydrogens is 502 g/mol. The molecule has 0 aliphatic carbocycles. The summed E-state index contributed by atoms with van der Waals surface area (Å²) in [7, 11) is -5.89. The van der Waals surface area contributed by atoms with Gasteiger partial charge in [0.05, 0.1) is 13.2 Å². The third kappa shape index (κ3) is 43.3. The number of rotatable bonds is 24. The van der Waals surface area contributed by atoms with Gasteiger partial charge < -0.3 is 28.0 Å². The fourth-order valence-electron chi connectivity index (χ4n) is 3.49. The van der Waals surface area contributed by atoms with Gasteiger partial charge in [-0.15, -0.1) is 0 Å². The van der Waals surface area contributed by atoms with Crippen molar-refractivity contribution in [1.29, 1.82) is 0 Å². The van der Waals surface area contributed by atoms with Crippen molar-refractivity contribution in [2.24, 2.45) is 0 Å². The van der Waals surface area contributed by atoms with Gasteiger partial charge in [0, 0.05) is 0 Å². The van der Waals surface area contributed by atoms with E-state index in [2.05, 4.69) is 22.9 Å². The molecule has 0 aliphatic heterocycles. The summed E-state index contributed by atoms with van der Waals surface area (Å²) < 4.78 is 29.2. The summed E-state index contributed by atoms with van der Waals surface area (Å²) >= 11 is 0. The quantitative estimate of drug-likeness (QED) is 0.0703. The molecule has 0 amide bonds. The third-order valence-electron chi connectivity index (χ3n) is 5.44. The second-order valence-corrected chi connectivity index (χ2v) is 10.1. The average Bonchev–Trinajstić information content (AvgIpc) is 2.76. The van der Waals surface area contributed by atoms with Crippen LogP contribution in [0.5, 0.6) is 0 Å². The summed E-state index contributed by atoms with van der Waals surface area (Å²) in [6.07, 6.45) is 25.1. The van der Waals surface area contributed by atoms with Gasteiger partial charge in [-0.05, 0) is 12.8 Å². The van der Waals surface area contributed by atoms with E-state index in [1.807, 2.05) is 0 Å². The molecule has 0 saturated heterocycles. The van der Waals surface area contributed by atoms with Crippen molar-refractivity contribution in [2.45, 2.75) is 142 Å². The summed E-state index contributed by atoms with van der Waals surface area (Å²) in [5.74, 6) is 0. The zero-order valence-electron chi connectivity index (χ0n) is 21.4. The molecule has 0 heterocycles. The monoisotopic (exact) mass is 554 g/mol. The van der Waals surface area contributed by atoms with E-state index >= 15 is 0 Å². The van der Waals surface area contributed by atoms with Gasteiger partial charge in [-0.1, -0.05) is 129 Å². The second kappa shape index (κ2) is 35.0. The summed E-state index contributed by atoms with van der Waals surface area (Å²) in [5, 5.41) is 0. The fourth-order valence-corrected chi connectivity index (χ4v) is 4.11. The zero-order valence-corrected chi connectivity index (χ0v) is 24.5. The number of unbranched alkanes of at least 4 members (excludes halogenated alkanes) is 18. The molecule has 0 rings (SSSR count). The van der Waals surface area contributed by atoms with Crippen LogP contribution < -0.4 is 9.79 Å². The van der Waals surface area contributed by atoms with E-state index in [9.17, 15) is 18.9 Å². The van der Waals surface area contributed by atoms with Crippen molar-refractivity contribution in [2.75, 3.05) is 13.2 Å². The average molecular weight is 554 g/mol. The molecule has 0 radical (unpaired) electrons. The molecule has 0 aliphatic rings. The molecule has 2 atom stereocenters. The van der Waals surface area contributed by atoms with Gasteiger partial charge in [0.15, 0.2) is 0 Å². The number of hydrogen-bond acceptors (Lipinski definition) is 6. The minimum atomic E-state index is -2.94. The summed E-state index contributed by atoms with van der Waals surface area (Å²) in [5.41, 5.74) is 0. The molecule has 9 heteroatoms. The van der Waals surface area contributed by atoms with Crippen LogP contribution in [0.1, 0.15) is 142 Å². The van der Waals surface area contributed by atoms with E-state index in [1.54, 1.807) is 0 Å². The zero-order chi connectivity index (χ0) is 24.1. The minimum absolute atomic E-state index is 0. The molecular formula is C24H52FeO6P2. The van der Waals surface area contributed by atoms with Gasteiger partial charge >= 0.3 is 17.1 Å². The van der Waals surface area contributed by atoms with Crippen LogP contribution in [0.15, 0.2) is 0 Å². The van der Waals surface area contributed by atoms with Gasteiger partial charge in [0.1, 0.15) is 16.5 Å². The standard InChI is InChI=1S/2C12H27O3P.Fe/c2*1-2-3-4-5-6-7-8-9-10-11-12-15-16(13)14;/h2*16H,2-12H2,1H3,(H,13,14);/q;;+2/p-2. The third-order valence-corrected chi connectivity index (χ3v) is 6.32. The van der Waals surface area contributed by atoms with Crippen molar-refractivity contribution in [3.05, 3.63) is 0 Å². The fraction of sp³-hybridized carbons (Fsp3) is 1.00. The van der Waals surface area contributed by atoms with Crippen molar-refractivity contribution in [3.8, 4) is 0 Å². The van der Waals surface area contributed by atoms with Crippen LogP contribution in [0.4, 0.5) is 0 Å². The molecule has 6 nitrogen and oxygen atoms in total. The molecule has 0 N–H and O–H groups in total. The van der Waals surface area contributed by atoms with E-state index in [1.165, 1.54) is 103 Å². The van der Waals surface area contributed by atoms with Crippen LogP contribution in [0.3, 0.4) is 0 Å². The van der Waals surface area contributed by atoms with Crippen molar-refractivity contribution < 1.29 is 45.0 Å². The van der Waals surface area contributed by atoms with Crippen LogP contribution in [0, 0.1) is 0 Å². The number of hydrogen-bond donors (Lipinski definition) is 0. The van der Waals surface area contributed by atoms with Gasteiger partial charge in [-0.2, -0.15) is 0 Å². The maximum Gasteiger partial charge on any atom is 2.00 e. The van der Waals surface area contributed by atoms with E-state index in [4.69, 9.17) is 0 Å². The Kier molecular flexibility index (Phi) is 40.7. The first-order chi connectivity index (χ1) is 15.5. The molecule has 0 spiro atoms. The smallest absolute Gasteiger partial charge is 0.781 e. The molecule has 33 heavy (non-hydrogen) atoms. The first-order valence-electron chi connectivity index (χ1n) is 13.2. The van der Waals surface area contributed by atoms with Crippen molar-refractivity contribution in [1.82, 2.24) is 0 Å². The molecule has 2 unspecified atom stereocenters. The maximum atomic E-state index is 10.1. The summed E-state index contributed by atoms with van der Waals surface area (Å²) in [4.78, 5) is 20.2. The second-order valence-electron chi connectivity index (χ2n) is 8.56. The van der Waals surface area contributed by atoms with Crippen molar-refractivity contribution in [3.63, 3.8) is 0 Å². The van der Waals surface area contributed by atoms with Crippen LogP contribution in [-0.4, -0.2) is 13.2 Å². The first-order valence-corrected chi connectivity index (χ1v) is 15.7. The van der Waals surface area contributed by atoms with Gasteiger partial charge in [-0.3, -0.25) is 0 Å². The van der Waals surface area contributed by atoms with Crippen molar-refractivity contribution >= 4 is 16.5 Å². The molecule has 202 valence electrons. The predicted octanol–water partition coefficient (Wildman–Crippen LogP) is 7.35. The Morgan fingerprint density at radius 1 is 0.455 bits per heavy atom. The normalized spacial score (nSPS) is 12.5. The largest absolute Gasteiger partial charge is 2.00 e. The Hall–Kier alpha value is 0.819. The molecule has 0 bridgehead atoms. The molecule has 0 aromatic carbocycles. The van der Waals surface area contributed by atoms with Gasteiger partial charge in [0.2, 0.25) is 0 Å². The molecule has 0 fully saturated rings. The van der Waals surface area contributed by atoms with E-state index in [-0.39, 0.29) is 17.1 Å². The van der Waals surface area contributed by atoms with Crippen LogP contribution in [0.2, 0.25) is 0 Å². The Morgan fingerprint density at radius 3 is 0.879 bits per heavy atom. The van der Waals surface area contributed by atoms with Gasteiger partial charge in [-0.25, -0.2) is 0 Å². The van der Waals surface area contributed by atoms with Crippen LogP contribution in [-0.2, 0) is 35.2 Å². The maximum absolute atomic E-state index is 10.1. The van der Waals surface area contributed by atoms with E-state index < -0.39 is 16.5 Å². The molecule has 0 aromatic heterocycles. The SMILES string of the molecule is CCCCCCCCCCCCO[PH](=O)[O-].CCCCCCCCCCCCO[PH](=O)[O-].[Fe+2]. The Bertz CT molecular complexity index is 367. The topological polar surface area (TPSA) is 98.7 Å². The predicted molar refractivity (Wildman–Crippen MR) is 134 cm³/mol. The van der Waals surface area contributed by atoms with Crippen LogP contribution >= 0.6 is 16.5 Å². The molecule has 0 aromatic rings. The Labute approximate surface area is 216 Å².